The summed E-state index contributed by atoms with van der Waals surface area (Å²) in [7, 11) is 2.00. The number of likely N-dealkylation sites (tertiary alicyclic amines) is 1. The monoisotopic (exact) mass is 281 g/mol. The predicted molar refractivity (Wildman–Crippen MR) is 82.7 cm³/mol. The van der Waals surface area contributed by atoms with Crippen LogP contribution in [0.1, 0.15) is 51.9 Å². The van der Waals surface area contributed by atoms with E-state index in [0.717, 1.165) is 19.5 Å². The van der Waals surface area contributed by atoms with Crippen molar-refractivity contribution in [3.05, 3.63) is 0 Å². The van der Waals surface area contributed by atoms with E-state index in [1.807, 2.05) is 7.05 Å². The Labute approximate surface area is 123 Å². The van der Waals surface area contributed by atoms with Crippen molar-refractivity contribution in [1.29, 1.82) is 0 Å². The van der Waals surface area contributed by atoms with Crippen molar-refractivity contribution in [3.63, 3.8) is 0 Å². The highest BCUT2D eigenvalue weighted by Gasteiger charge is 2.26. The van der Waals surface area contributed by atoms with Crippen LogP contribution in [0.2, 0.25) is 0 Å². The van der Waals surface area contributed by atoms with E-state index in [-0.39, 0.29) is 5.91 Å². The summed E-state index contributed by atoms with van der Waals surface area (Å²) in [6, 6.07) is 0.937. The minimum atomic E-state index is 0.228. The first kappa shape index (κ1) is 15.8. The Hall–Kier alpha value is -0.610. The lowest BCUT2D eigenvalue weighted by atomic mass is 9.86. The van der Waals surface area contributed by atoms with E-state index in [4.69, 9.17) is 0 Å². The third kappa shape index (κ3) is 4.45. The summed E-state index contributed by atoms with van der Waals surface area (Å²) in [6.45, 7) is 4.91. The Morgan fingerprint density at radius 2 is 1.90 bits per heavy atom. The average molecular weight is 281 g/mol. The Morgan fingerprint density at radius 3 is 2.65 bits per heavy atom. The highest BCUT2D eigenvalue weighted by molar-refractivity contribution is 5.78. The fourth-order valence-electron chi connectivity index (χ4n) is 3.70. The normalized spacial score (nSPS) is 32.0. The van der Waals surface area contributed by atoms with Gasteiger partial charge < -0.3 is 10.6 Å². The molecule has 1 aliphatic carbocycles. The van der Waals surface area contributed by atoms with Gasteiger partial charge in [-0.15, -0.1) is 0 Å². The second kappa shape index (κ2) is 7.99. The van der Waals surface area contributed by atoms with Crippen LogP contribution in [0.25, 0.3) is 0 Å². The zero-order valence-electron chi connectivity index (χ0n) is 13.2. The van der Waals surface area contributed by atoms with E-state index in [0.29, 0.717) is 24.5 Å². The second-order valence-electron chi connectivity index (χ2n) is 6.61. The van der Waals surface area contributed by atoms with E-state index in [2.05, 4.69) is 22.5 Å². The van der Waals surface area contributed by atoms with Gasteiger partial charge in [-0.2, -0.15) is 0 Å². The average Bonchev–Trinajstić information content (AvgIpc) is 2.44. The topological polar surface area (TPSA) is 44.4 Å². The molecule has 4 nitrogen and oxygen atoms in total. The Morgan fingerprint density at radius 1 is 1.15 bits per heavy atom. The van der Waals surface area contributed by atoms with E-state index in [1.165, 1.54) is 38.5 Å². The molecule has 2 fully saturated rings. The molecule has 1 saturated heterocycles. The van der Waals surface area contributed by atoms with Crippen LogP contribution in [0.5, 0.6) is 0 Å². The maximum Gasteiger partial charge on any atom is 0.234 e. The molecule has 0 aromatic heterocycles. The van der Waals surface area contributed by atoms with Crippen LogP contribution in [0.4, 0.5) is 0 Å². The molecule has 0 aromatic rings. The fraction of sp³-hybridized carbons (Fsp3) is 0.938. The van der Waals surface area contributed by atoms with Crippen LogP contribution >= 0.6 is 0 Å². The molecule has 1 amide bonds. The quantitative estimate of drug-likeness (QED) is 0.807. The number of nitrogens with one attached hydrogen (secondary N) is 2. The number of likely N-dealkylation sites (N-methyl/N-ethyl adjacent to an activating group) is 1. The van der Waals surface area contributed by atoms with Gasteiger partial charge in [0.1, 0.15) is 0 Å². The van der Waals surface area contributed by atoms with Crippen molar-refractivity contribution in [2.45, 2.75) is 64.0 Å². The molecule has 2 aliphatic rings. The Bertz CT molecular complexity index is 306. The number of hydrogen-bond acceptors (Lipinski definition) is 3. The number of amides is 1. The van der Waals surface area contributed by atoms with Gasteiger partial charge in [0.15, 0.2) is 0 Å². The maximum absolute atomic E-state index is 12.3. The second-order valence-corrected chi connectivity index (χ2v) is 6.61. The van der Waals surface area contributed by atoms with Gasteiger partial charge in [-0.25, -0.2) is 0 Å². The highest BCUT2D eigenvalue weighted by Crippen LogP contribution is 2.23. The molecule has 1 aliphatic heterocycles. The van der Waals surface area contributed by atoms with Gasteiger partial charge in [0.25, 0.3) is 0 Å². The summed E-state index contributed by atoms with van der Waals surface area (Å²) < 4.78 is 0. The van der Waals surface area contributed by atoms with Gasteiger partial charge in [-0.1, -0.05) is 26.2 Å². The highest BCUT2D eigenvalue weighted by atomic mass is 16.2. The molecular weight excluding hydrogens is 250 g/mol. The summed E-state index contributed by atoms with van der Waals surface area (Å²) in [5.41, 5.74) is 0. The first-order chi connectivity index (χ1) is 9.70. The molecule has 20 heavy (non-hydrogen) atoms. The molecule has 4 heteroatoms. The first-order valence-electron chi connectivity index (χ1n) is 8.38. The fourth-order valence-corrected chi connectivity index (χ4v) is 3.70. The standard InChI is InChI=1S/C16H31N3O/c1-13-7-3-4-9-15(13)18-16(20)12-19-10-6-5-8-14(19)11-17-2/h13-15,17H,3-12H2,1-2H3,(H,18,20). The van der Waals surface area contributed by atoms with Crippen molar-refractivity contribution in [3.8, 4) is 0 Å². The van der Waals surface area contributed by atoms with Gasteiger partial charge in [0.05, 0.1) is 6.54 Å². The van der Waals surface area contributed by atoms with Crippen LogP contribution in [0, 0.1) is 5.92 Å². The number of carbonyl (C=O) groups is 1. The molecule has 0 aromatic carbocycles. The number of carbonyl (C=O) groups excluding carboxylic acids is 1. The molecule has 1 heterocycles. The molecule has 2 rings (SSSR count). The molecule has 1 saturated carbocycles. The van der Waals surface area contributed by atoms with Crippen molar-refractivity contribution >= 4 is 5.91 Å². The lowest BCUT2D eigenvalue weighted by Crippen LogP contribution is -2.51. The summed E-state index contributed by atoms with van der Waals surface area (Å²) in [6.07, 6.45) is 8.75. The maximum atomic E-state index is 12.3. The largest absolute Gasteiger partial charge is 0.352 e. The summed E-state index contributed by atoms with van der Waals surface area (Å²) in [5.74, 6) is 0.869. The third-order valence-electron chi connectivity index (χ3n) is 4.99. The first-order valence-corrected chi connectivity index (χ1v) is 8.38. The minimum Gasteiger partial charge on any atom is -0.352 e. The zero-order chi connectivity index (χ0) is 14.4. The van der Waals surface area contributed by atoms with Gasteiger partial charge in [-0.3, -0.25) is 9.69 Å². The van der Waals surface area contributed by atoms with Crippen LogP contribution in [0.15, 0.2) is 0 Å². The number of hydrogen-bond donors (Lipinski definition) is 2. The Balaban J connectivity index is 1.80. The van der Waals surface area contributed by atoms with Crippen LogP contribution in [0.3, 0.4) is 0 Å². The zero-order valence-corrected chi connectivity index (χ0v) is 13.2. The molecule has 0 spiro atoms. The molecule has 3 atom stereocenters. The summed E-state index contributed by atoms with van der Waals surface area (Å²) >= 11 is 0. The number of piperidine rings is 1. The van der Waals surface area contributed by atoms with Crippen molar-refractivity contribution in [2.75, 3.05) is 26.7 Å². The molecule has 0 bridgehead atoms. The molecule has 2 N–H and O–H groups in total. The molecule has 3 unspecified atom stereocenters. The summed E-state index contributed by atoms with van der Waals surface area (Å²) in [4.78, 5) is 14.7. The molecular formula is C16H31N3O. The third-order valence-corrected chi connectivity index (χ3v) is 4.99. The van der Waals surface area contributed by atoms with Crippen LogP contribution in [-0.2, 0) is 4.79 Å². The van der Waals surface area contributed by atoms with E-state index < -0.39 is 0 Å². The van der Waals surface area contributed by atoms with E-state index >= 15 is 0 Å². The number of nitrogens with zero attached hydrogens (tertiary/aromatic N) is 1. The molecule has 0 radical (unpaired) electrons. The van der Waals surface area contributed by atoms with Crippen molar-refractivity contribution in [1.82, 2.24) is 15.5 Å². The van der Waals surface area contributed by atoms with Crippen LogP contribution in [-0.4, -0.2) is 49.6 Å². The van der Waals surface area contributed by atoms with Gasteiger partial charge in [0.2, 0.25) is 5.91 Å². The predicted octanol–water partition coefficient (Wildman–Crippen LogP) is 1.76. The van der Waals surface area contributed by atoms with Crippen LogP contribution < -0.4 is 10.6 Å². The Kier molecular flexibility index (Phi) is 6.30. The van der Waals surface area contributed by atoms with E-state index in [1.54, 1.807) is 0 Å². The van der Waals surface area contributed by atoms with Crippen molar-refractivity contribution < 1.29 is 4.79 Å². The van der Waals surface area contributed by atoms with Gasteiger partial charge in [0, 0.05) is 18.6 Å². The minimum absolute atomic E-state index is 0.228. The van der Waals surface area contributed by atoms with Crippen molar-refractivity contribution in [2.24, 2.45) is 5.92 Å². The SMILES string of the molecule is CNCC1CCCCN1CC(=O)NC1CCCCC1C. The molecule has 116 valence electrons. The van der Waals surface area contributed by atoms with E-state index in [9.17, 15) is 4.79 Å². The number of rotatable bonds is 5. The smallest absolute Gasteiger partial charge is 0.234 e. The lowest BCUT2D eigenvalue weighted by Gasteiger charge is -2.36. The summed E-state index contributed by atoms with van der Waals surface area (Å²) in [5, 5.41) is 6.53. The van der Waals surface area contributed by atoms with Gasteiger partial charge >= 0.3 is 0 Å². The lowest BCUT2D eigenvalue weighted by molar-refractivity contribution is -0.124. The van der Waals surface area contributed by atoms with Gasteiger partial charge in [-0.05, 0) is 45.2 Å².